The van der Waals surface area contributed by atoms with Gasteiger partial charge in [0.05, 0.1) is 21.2 Å². The van der Waals surface area contributed by atoms with E-state index in [4.69, 9.17) is 5.14 Å². The van der Waals surface area contributed by atoms with Crippen LogP contribution in [0.5, 0.6) is 0 Å². The maximum absolute atomic E-state index is 12.9. The number of hydrogen-bond donors (Lipinski definition) is 2. The van der Waals surface area contributed by atoms with Crippen LogP contribution in [-0.4, -0.2) is 35.2 Å². The summed E-state index contributed by atoms with van der Waals surface area (Å²) in [7, 11) is -3.79. The summed E-state index contributed by atoms with van der Waals surface area (Å²) in [6, 6.07) is 4.89. The van der Waals surface area contributed by atoms with E-state index in [1.165, 1.54) is 49.6 Å². The second-order valence-electron chi connectivity index (χ2n) is 8.73. The van der Waals surface area contributed by atoms with Crippen molar-refractivity contribution in [1.29, 1.82) is 0 Å². The van der Waals surface area contributed by atoms with Crippen molar-refractivity contribution in [2.75, 3.05) is 0 Å². The number of nitrogens with two attached hydrogens (primary N) is 1. The normalized spacial score (nSPS) is 25.5. The quantitative estimate of drug-likeness (QED) is 0.630. The zero-order valence-corrected chi connectivity index (χ0v) is 19.3. The highest BCUT2D eigenvalue weighted by Crippen LogP contribution is 2.49. The lowest BCUT2D eigenvalue weighted by Gasteiger charge is -2.29. The maximum atomic E-state index is 12.9. The molecule has 164 valence electrons. The second-order valence-corrected chi connectivity index (χ2v) is 11.6. The highest BCUT2D eigenvalue weighted by atomic mass is 32.2. The van der Waals surface area contributed by atoms with E-state index in [2.05, 4.69) is 17.2 Å². The number of carbonyl (C=O) groups is 1. The Bertz CT molecular complexity index is 1070. The smallest absolute Gasteiger partial charge is 0.238 e. The molecule has 2 aliphatic carbocycles. The van der Waals surface area contributed by atoms with Crippen molar-refractivity contribution in [3.8, 4) is 0 Å². The van der Waals surface area contributed by atoms with Crippen LogP contribution in [0.3, 0.4) is 0 Å². The number of aryl methyl sites for hydroxylation is 1. The lowest BCUT2D eigenvalue weighted by Crippen LogP contribution is -2.43. The van der Waals surface area contributed by atoms with Crippen molar-refractivity contribution in [3.63, 3.8) is 0 Å². The number of fused-ring (bicyclic) bond motifs is 3. The number of hydrogen-bond acceptors (Lipinski definition) is 5. The monoisotopic (exact) mass is 450 g/mol. The van der Waals surface area contributed by atoms with Gasteiger partial charge >= 0.3 is 0 Å². The van der Waals surface area contributed by atoms with Gasteiger partial charge in [-0.1, -0.05) is 18.2 Å². The average molecular weight is 451 g/mol. The molecule has 2 aromatic rings. The first-order valence-electron chi connectivity index (χ1n) is 10.7. The molecule has 1 heterocycles. The van der Waals surface area contributed by atoms with Crippen molar-refractivity contribution >= 4 is 38.7 Å². The number of nitrogens with zero attached hydrogens (tertiary/aromatic N) is 2. The van der Waals surface area contributed by atoms with Crippen LogP contribution >= 0.6 is 11.8 Å². The maximum Gasteiger partial charge on any atom is 0.238 e. The Morgan fingerprint density at radius 2 is 2.10 bits per heavy atom. The summed E-state index contributed by atoms with van der Waals surface area (Å²) in [6.07, 6.45) is 5.23. The summed E-state index contributed by atoms with van der Waals surface area (Å²) in [6.45, 7) is 6.70. The van der Waals surface area contributed by atoms with Gasteiger partial charge in [0.2, 0.25) is 15.9 Å². The van der Waals surface area contributed by atoms with Gasteiger partial charge in [-0.05, 0) is 76.0 Å². The van der Waals surface area contributed by atoms with Crippen LogP contribution in [-0.2, 0) is 21.4 Å². The van der Waals surface area contributed by atoms with Gasteiger partial charge in [-0.15, -0.1) is 0 Å². The standard InChI is InChI=1S/C21H30N4O3S2/c1-4-25-19-8-7-16(30(22,27)28)11-18(19)24-21(25)29-13(3)20(26)23-12(2)17-10-14-5-6-15(17)9-14/h7-8,11-15,17H,4-6,9-10H2,1-3H3,(H,23,26)(H2,22,27,28)/t12-,13+,14-,15-,17+/m0/s1. The molecule has 0 radical (unpaired) electrons. The summed E-state index contributed by atoms with van der Waals surface area (Å²) in [4.78, 5) is 17.5. The highest BCUT2D eigenvalue weighted by Gasteiger charge is 2.42. The number of sulfonamides is 1. The van der Waals surface area contributed by atoms with Crippen LogP contribution in [0.25, 0.3) is 11.0 Å². The van der Waals surface area contributed by atoms with Crippen molar-refractivity contribution in [2.24, 2.45) is 22.9 Å². The van der Waals surface area contributed by atoms with Crippen LogP contribution in [0.1, 0.15) is 46.5 Å². The Morgan fingerprint density at radius 1 is 1.33 bits per heavy atom. The van der Waals surface area contributed by atoms with Gasteiger partial charge in [-0.2, -0.15) is 0 Å². The molecule has 2 fully saturated rings. The van der Waals surface area contributed by atoms with Gasteiger partial charge in [-0.25, -0.2) is 18.5 Å². The Labute approximate surface area is 182 Å². The van der Waals surface area contributed by atoms with E-state index in [1.807, 2.05) is 18.4 Å². The Kier molecular flexibility index (Phi) is 5.89. The van der Waals surface area contributed by atoms with Crippen LogP contribution in [0.2, 0.25) is 0 Å². The number of primary sulfonamides is 1. The number of carbonyl (C=O) groups excluding carboxylic acids is 1. The molecule has 4 rings (SSSR count). The fourth-order valence-electron chi connectivity index (χ4n) is 5.23. The van der Waals surface area contributed by atoms with E-state index < -0.39 is 10.0 Å². The van der Waals surface area contributed by atoms with Crippen LogP contribution in [0, 0.1) is 17.8 Å². The molecule has 0 aliphatic heterocycles. The molecule has 0 spiro atoms. The number of thioether (sulfide) groups is 1. The Hall–Kier alpha value is -1.58. The van der Waals surface area contributed by atoms with E-state index in [9.17, 15) is 13.2 Å². The number of benzene rings is 1. The van der Waals surface area contributed by atoms with Gasteiger partial charge in [0, 0.05) is 12.6 Å². The van der Waals surface area contributed by atoms with Gasteiger partial charge in [0.1, 0.15) is 0 Å². The summed E-state index contributed by atoms with van der Waals surface area (Å²) in [5, 5.41) is 8.88. The van der Waals surface area contributed by atoms with E-state index in [1.54, 1.807) is 6.07 Å². The third-order valence-corrected chi connectivity index (χ3v) is 8.79. The second kappa shape index (κ2) is 8.16. The minimum atomic E-state index is -3.79. The highest BCUT2D eigenvalue weighted by molar-refractivity contribution is 8.00. The minimum absolute atomic E-state index is 0.0233. The summed E-state index contributed by atoms with van der Waals surface area (Å²) < 4.78 is 25.3. The average Bonchev–Trinajstić information content (AvgIpc) is 3.40. The van der Waals surface area contributed by atoms with Gasteiger partial charge in [0.25, 0.3) is 0 Å². The number of nitrogens with one attached hydrogen (secondary N) is 1. The molecule has 9 heteroatoms. The molecular formula is C21H30N4O3S2. The molecular weight excluding hydrogens is 420 g/mol. The predicted octanol–water partition coefficient (Wildman–Crippen LogP) is 3.13. The van der Waals surface area contributed by atoms with Crippen molar-refractivity contribution in [3.05, 3.63) is 18.2 Å². The third-order valence-electron chi connectivity index (χ3n) is 6.79. The number of aromatic nitrogens is 2. The molecule has 5 atom stereocenters. The van der Waals surface area contributed by atoms with Crippen molar-refractivity contribution in [2.45, 2.75) is 74.3 Å². The first-order valence-corrected chi connectivity index (χ1v) is 13.1. The zero-order chi connectivity index (χ0) is 21.6. The van der Waals surface area contributed by atoms with Gasteiger partial charge in [-0.3, -0.25) is 4.79 Å². The molecule has 2 bridgehead atoms. The number of rotatable bonds is 7. The lowest BCUT2D eigenvalue weighted by atomic mass is 9.84. The summed E-state index contributed by atoms with van der Waals surface area (Å²) >= 11 is 1.40. The molecule has 3 N–H and O–H groups in total. The Morgan fingerprint density at radius 3 is 2.70 bits per heavy atom. The first-order chi connectivity index (χ1) is 14.2. The van der Waals surface area contributed by atoms with Crippen LogP contribution < -0.4 is 10.5 Å². The molecule has 2 saturated carbocycles. The molecule has 30 heavy (non-hydrogen) atoms. The lowest BCUT2D eigenvalue weighted by molar-refractivity contribution is -0.121. The fourth-order valence-corrected chi connectivity index (χ4v) is 6.76. The van der Waals surface area contributed by atoms with Crippen molar-refractivity contribution in [1.82, 2.24) is 14.9 Å². The molecule has 7 nitrogen and oxygen atoms in total. The number of amides is 1. The third kappa shape index (κ3) is 4.11. The largest absolute Gasteiger partial charge is 0.352 e. The number of imidazole rings is 1. The summed E-state index contributed by atoms with van der Waals surface area (Å²) in [5.41, 5.74) is 1.39. The fraction of sp³-hybridized carbons (Fsp3) is 0.619. The first kappa shape index (κ1) is 21.6. The SMILES string of the molecule is CCn1c(S[C@H](C)C(=O)N[C@@H](C)[C@H]2C[C@H]3CC[C@H]2C3)nc2cc(S(N)(=O)=O)ccc21. The molecule has 1 amide bonds. The minimum Gasteiger partial charge on any atom is -0.352 e. The van der Waals surface area contributed by atoms with Gasteiger partial charge < -0.3 is 9.88 Å². The Balaban J connectivity index is 1.47. The topological polar surface area (TPSA) is 107 Å². The van der Waals surface area contributed by atoms with E-state index >= 15 is 0 Å². The molecule has 0 saturated heterocycles. The zero-order valence-electron chi connectivity index (χ0n) is 17.7. The van der Waals surface area contributed by atoms with Crippen LogP contribution in [0.15, 0.2) is 28.3 Å². The van der Waals surface area contributed by atoms with Crippen LogP contribution in [0.4, 0.5) is 0 Å². The summed E-state index contributed by atoms with van der Waals surface area (Å²) in [5.74, 6) is 2.25. The van der Waals surface area contributed by atoms with Crippen molar-refractivity contribution < 1.29 is 13.2 Å². The molecule has 2 aliphatic rings. The van der Waals surface area contributed by atoms with Gasteiger partial charge in [0.15, 0.2) is 5.16 Å². The molecule has 1 aromatic carbocycles. The van der Waals surface area contributed by atoms with E-state index in [-0.39, 0.29) is 22.1 Å². The van der Waals surface area contributed by atoms with E-state index in [0.29, 0.717) is 23.1 Å². The van der Waals surface area contributed by atoms with E-state index in [0.717, 1.165) is 17.4 Å². The molecule has 0 unspecified atom stereocenters. The predicted molar refractivity (Wildman–Crippen MR) is 119 cm³/mol. The molecule has 1 aromatic heterocycles.